The first-order valence-corrected chi connectivity index (χ1v) is 5.83. The SMILES string of the molecule is C=C(C)CC(Cc1c(Cl)cccc1Cl)NN. The molecular formula is C12H16Cl2N2. The van der Waals surface area contributed by atoms with Crippen LogP contribution in [0.25, 0.3) is 0 Å². The van der Waals surface area contributed by atoms with Gasteiger partial charge in [-0.3, -0.25) is 11.3 Å². The van der Waals surface area contributed by atoms with Crippen LogP contribution in [0, 0.1) is 0 Å². The predicted octanol–water partition coefficient (Wildman–Crippen LogP) is 3.33. The molecule has 1 aromatic carbocycles. The molecule has 2 nitrogen and oxygen atoms in total. The van der Waals surface area contributed by atoms with Crippen molar-refractivity contribution < 1.29 is 0 Å². The van der Waals surface area contributed by atoms with Crippen LogP contribution in [-0.4, -0.2) is 6.04 Å². The molecule has 1 atom stereocenters. The molecule has 1 aromatic rings. The highest BCUT2D eigenvalue weighted by molar-refractivity contribution is 6.35. The average Bonchev–Trinajstić information content (AvgIpc) is 2.21. The van der Waals surface area contributed by atoms with Crippen LogP contribution in [0.4, 0.5) is 0 Å². The zero-order valence-electron chi connectivity index (χ0n) is 9.26. The lowest BCUT2D eigenvalue weighted by molar-refractivity contribution is 0.521. The largest absolute Gasteiger partial charge is 0.271 e. The van der Waals surface area contributed by atoms with Crippen LogP contribution in [0.1, 0.15) is 18.9 Å². The Bertz CT molecular complexity index is 357. The van der Waals surface area contributed by atoms with Crippen LogP contribution in [-0.2, 0) is 6.42 Å². The Labute approximate surface area is 106 Å². The Kier molecular flexibility index (Phi) is 5.29. The van der Waals surface area contributed by atoms with Gasteiger partial charge in [-0.2, -0.15) is 0 Å². The van der Waals surface area contributed by atoms with Gasteiger partial charge in [-0.1, -0.05) is 34.8 Å². The smallest absolute Gasteiger partial charge is 0.0453 e. The van der Waals surface area contributed by atoms with Crippen LogP contribution in [0.3, 0.4) is 0 Å². The molecule has 88 valence electrons. The zero-order chi connectivity index (χ0) is 12.1. The van der Waals surface area contributed by atoms with Crippen LogP contribution in [0.2, 0.25) is 10.0 Å². The minimum Gasteiger partial charge on any atom is -0.271 e. The Balaban J connectivity index is 2.81. The molecule has 0 aliphatic carbocycles. The second-order valence-electron chi connectivity index (χ2n) is 3.93. The van der Waals surface area contributed by atoms with E-state index in [4.69, 9.17) is 29.0 Å². The van der Waals surface area contributed by atoms with Gasteiger partial charge in [0.2, 0.25) is 0 Å². The molecule has 1 unspecified atom stereocenters. The molecule has 0 fully saturated rings. The second kappa shape index (κ2) is 6.26. The Morgan fingerprint density at radius 2 is 2.00 bits per heavy atom. The lowest BCUT2D eigenvalue weighted by atomic mass is 10.0. The van der Waals surface area contributed by atoms with Gasteiger partial charge in [-0.15, -0.1) is 6.58 Å². The van der Waals surface area contributed by atoms with Crippen molar-refractivity contribution in [3.63, 3.8) is 0 Å². The van der Waals surface area contributed by atoms with E-state index in [1.54, 1.807) is 0 Å². The van der Waals surface area contributed by atoms with Gasteiger partial charge in [0, 0.05) is 16.1 Å². The third kappa shape index (κ3) is 3.80. The summed E-state index contributed by atoms with van der Waals surface area (Å²) in [6.07, 6.45) is 1.50. The number of nitrogens with one attached hydrogen (secondary N) is 1. The minimum atomic E-state index is 0.106. The number of halogens is 2. The summed E-state index contributed by atoms with van der Waals surface area (Å²) in [7, 11) is 0. The number of hydrazine groups is 1. The molecule has 0 bridgehead atoms. The third-order valence-corrected chi connectivity index (χ3v) is 3.05. The standard InChI is InChI=1S/C12H16Cl2N2/c1-8(2)6-9(16-15)7-10-11(13)4-3-5-12(10)14/h3-5,9,16H,1,6-7,15H2,2H3. The number of hydrogen-bond donors (Lipinski definition) is 2. The van der Waals surface area contributed by atoms with Gasteiger partial charge in [0.1, 0.15) is 0 Å². The van der Waals surface area contributed by atoms with Crippen molar-refractivity contribution in [2.24, 2.45) is 5.84 Å². The predicted molar refractivity (Wildman–Crippen MR) is 70.7 cm³/mol. The molecule has 0 heterocycles. The fourth-order valence-corrected chi connectivity index (χ4v) is 2.14. The van der Waals surface area contributed by atoms with E-state index in [2.05, 4.69) is 12.0 Å². The van der Waals surface area contributed by atoms with Crippen molar-refractivity contribution in [1.82, 2.24) is 5.43 Å². The topological polar surface area (TPSA) is 38.0 Å². The Morgan fingerprint density at radius 1 is 1.44 bits per heavy atom. The van der Waals surface area contributed by atoms with Gasteiger partial charge in [0.15, 0.2) is 0 Å². The third-order valence-electron chi connectivity index (χ3n) is 2.34. The molecule has 0 saturated heterocycles. The lowest BCUT2D eigenvalue weighted by Crippen LogP contribution is -2.37. The average molecular weight is 259 g/mol. The molecule has 0 saturated carbocycles. The van der Waals surface area contributed by atoms with E-state index in [-0.39, 0.29) is 6.04 Å². The maximum atomic E-state index is 6.09. The quantitative estimate of drug-likeness (QED) is 0.483. The highest BCUT2D eigenvalue weighted by Crippen LogP contribution is 2.26. The van der Waals surface area contributed by atoms with E-state index in [0.29, 0.717) is 16.5 Å². The summed E-state index contributed by atoms with van der Waals surface area (Å²) < 4.78 is 0. The van der Waals surface area contributed by atoms with Gasteiger partial charge in [0.05, 0.1) is 0 Å². The van der Waals surface area contributed by atoms with Crippen molar-refractivity contribution >= 4 is 23.2 Å². The van der Waals surface area contributed by atoms with Crippen molar-refractivity contribution in [3.05, 3.63) is 46.0 Å². The first kappa shape index (κ1) is 13.5. The van der Waals surface area contributed by atoms with Gasteiger partial charge in [-0.05, 0) is 37.5 Å². The fourth-order valence-electron chi connectivity index (χ4n) is 1.58. The first-order chi connectivity index (χ1) is 7.54. The molecule has 0 aliphatic rings. The molecule has 4 heteroatoms. The van der Waals surface area contributed by atoms with Crippen LogP contribution >= 0.6 is 23.2 Å². The zero-order valence-corrected chi connectivity index (χ0v) is 10.8. The van der Waals surface area contributed by atoms with Crippen molar-refractivity contribution in [1.29, 1.82) is 0 Å². The summed E-state index contributed by atoms with van der Waals surface area (Å²) >= 11 is 12.2. The van der Waals surface area contributed by atoms with Gasteiger partial charge in [-0.25, -0.2) is 0 Å². The summed E-state index contributed by atoms with van der Waals surface area (Å²) in [5, 5.41) is 1.35. The van der Waals surface area contributed by atoms with E-state index in [0.717, 1.165) is 17.6 Å². The number of nitrogens with two attached hydrogens (primary N) is 1. The molecular weight excluding hydrogens is 243 g/mol. The molecule has 0 aromatic heterocycles. The van der Waals surface area contributed by atoms with E-state index >= 15 is 0 Å². The molecule has 1 rings (SSSR count). The summed E-state index contributed by atoms with van der Waals surface area (Å²) in [5.41, 5.74) is 4.76. The Hall–Kier alpha value is -0.540. The van der Waals surface area contributed by atoms with Crippen LogP contribution < -0.4 is 11.3 Å². The van der Waals surface area contributed by atoms with Crippen LogP contribution in [0.15, 0.2) is 30.4 Å². The first-order valence-electron chi connectivity index (χ1n) is 5.08. The molecule has 16 heavy (non-hydrogen) atoms. The lowest BCUT2D eigenvalue weighted by Gasteiger charge is -2.17. The molecule has 0 aliphatic heterocycles. The maximum Gasteiger partial charge on any atom is 0.0453 e. The highest BCUT2D eigenvalue weighted by Gasteiger charge is 2.12. The number of hydrogen-bond acceptors (Lipinski definition) is 2. The molecule has 0 spiro atoms. The van der Waals surface area contributed by atoms with Crippen molar-refractivity contribution in [2.45, 2.75) is 25.8 Å². The van der Waals surface area contributed by atoms with E-state index in [1.165, 1.54) is 0 Å². The van der Waals surface area contributed by atoms with Gasteiger partial charge >= 0.3 is 0 Å². The summed E-state index contributed by atoms with van der Waals surface area (Å²) in [6, 6.07) is 5.60. The van der Waals surface area contributed by atoms with Crippen LogP contribution in [0.5, 0.6) is 0 Å². The van der Waals surface area contributed by atoms with Crippen molar-refractivity contribution in [2.75, 3.05) is 0 Å². The normalized spacial score (nSPS) is 12.5. The molecule has 0 amide bonds. The van der Waals surface area contributed by atoms with Crippen molar-refractivity contribution in [3.8, 4) is 0 Å². The van der Waals surface area contributed by atoms with Gasteiger partial charge < -0.3 is 0 Å². The van der Waals surface area contributed by atoms with Gasteiger partial charge in [0.25, 0.3) is 0 Å². The van der Waals surface area contributed by atoms with E-state index in [9.17, 15) is 0 Å². The monoisotopic (exact) mass is 258 g/mol. The maximum absolute atomic E-state index is 6.09. The minimum absolute atomic E-state index is 0.106. The second-order valence-corrected chi connectivity index (χ2v) is 4.74. The number of rotatable bonds is 5. The highest BCUT2D eigenvalue weighted by atomic mass is 35.5. The summed E-state index contributed by atoms with van der Waals surface area (Å²) in [6.45, 7) is 5.84. The van der Waals surface area contributed by atoms with E-state index < -0.39 is 0 Å². The van der Waals surface area contributed by atoms with E-state index in [1.807, 2.05) is 25.1 Å². The Morgan fingerprint density at radius 3 is 2.44 bits per heavy atom. The summed E-state index contributed by atoms with van der Waals surface area (Å²) in [4.78, 5) is 0. The number of benzene rings is 1. The molecule has 0 radical (unpaired) electrons. The fraction of sp³-hybridized carbons (Fsp3) is 0.333. The summed E-state index contributed by atoms with van der Waals surface area (Å²) in [5.74, 6) is 5.49. The molecule has 3 N–H and O–H groups in total.